The molecule has 0 aliphatic carbocycles. The number of amides is 1. The highest BCUT2D eigenvalue weighted by molar-refractivity contribution is 6.07. The van der Waals surface area contributed by atoms with Crippen molar-refractivity contribution in [3.05, 3.63) is 59.4 Å². The van der Waals surface area contributed by atoms with Gasteiger partial charge in [-0.2, -0.15) is 0 Å². The van der Waals surface area contributed by atoms with E-state index in [-0.39, 0.29) is 11.9 Å². The Kier molecular flexibility index (Phi) is 5.13. The van der Waals surface area contributed by atoms with Crippen LogP contribution in [0.4, 0.5) is 20.2 Å². The molecule has 4 rings (SSSR count). The Hall–Kier alpha value is -3.09. The average Bonchev–Trinajstić information content (AvgIpc) is 2.70. The van der Waals surface area contributed by atoms with Gasteiger partial charge < -0.3 is 10.2 Å². The second-order valence-electron chi connectivity index (χ2n) is 7.47. The highest BCUT2D eigenvalue weighted by Crippen LogP contribution is 2.31. The van der Waals surface area contributed by atoms with Gasteiger partial charge in [-0.1, -0.05) is 0 Å². The molecule has 0 saturated carbocycles. The molecule has 29 heavy (non-hydrogen) atoms. The number of halogens is 2. The van der Waals surface area contributed by atoms with E-state index in [0.29, 0.717) is 34.5 Å². The minimum atomic E-state index is -0.958. The molecule has 0 radical (unpaired) electrons. The van der Waals surface area contributed by atoms with Gasteiger partial charge in [-0.25, -0.2) is 18.7 Å². The Labute approximate surface area is 167 Å². The number of likely N-dealkylation sites (tertiary alicyclic amines) is 1. The van der Waals surface area contributed by atoms with Crippen molar-refractivity contribution in [3.8, 4) is 0 Å². The Morgan fingerprint density at radius 2 is 2.00 bits per heavy atom. The summed E-state index contributed by atoms with van der Waals surface area (Å²) in [7, 11) is 0. The van der Waals surface area contributed by atoms with Crippen LogP contribution in [0.1, 0.15) is 42.2 Å². The topological polar surface area (TPSA) is 58.1 Å². The lowest BCUT2D eigenvalue weighted by atomic mass is 10.0. The van der Waals surface area contributed by atoms with Crippen LogP contribution in [-0.2, 0) is 0 Å². The van der Waals surface area contributed by atoms with Crippen molar-refractivity contribution in [2.24, 2.45) is 0 Å². The smallest absolute Gasteiger partial charge is 0.257 e. The van der Waals surface area contributed by atoms with Crippen molar-refractivity contribution in [1.82, 2.24) is 14.9 Å². The number of rotatable bonds is 3. The Morgan fingerprint density at radius 1 is 1.17 bits per heavy atom. The third-order valence-corrected chi connectivity index (χ3v) is 5.35. The third-order valence-electron chi connectivity index (χ3n) is 5.35. The first-order valence-electron chi connectivity index (χ1n) is 9.73. The maximum atomic E-state index is 13.7. The summed E-state index contributed by atoms with van der Waals surface area (Å²) in [4.78, 5) is 24.0. The van der Waals surface area contributed by atoms with Gasteiger partial charge in [0.15, 0.2) is 17.3 Å². The van der Waals surface area contributed by atoms with Crippen molar-refractivity contribution in [3.63, 3.8) is 0 Å². The fourth-order valence-corrected chi connectivity index (χ4v) is 3.74. The lowest BCUT2D eigenvalue weighted by Gasteiger charge is -2.34. The van der Waals surface area contributed by atoms with Gasteiger partial charge in [0.05, 0.1) is 11.3 Å². The zero-order valence-corrected chi connectivity index (χ0v) is 16.4. The number of carbonyl (C=O) groups is 1. The molecule has 1 aliphatic heterocycles. The maximum Gasteiger partial charge on any atom is 0.257 e. The Morgan fingerprint density at radius 3 is 2.76 bits per heavy atom. The van der Waals surface area contributed by atoms with Crippen LogP contribution in [-0.4, -0.2) is 33.4 Å². The number of piperidine rings is 1. The summed E-state index contributed by atoms with van der Waals surface area (Å²) in [6.07, 6.45) is 4.54. The second-order valence-corrected chi connectivity index (χ2v) is 7.47. The lowest BCUT2D eigenvalue weighted by Crippen LogP contribution is -2.42. The number of pyridine rings is 2. The van der Waals surface area contributed by atoms with E-state index >= 15 is 0 Å². The number of aryl methyl sites for hydroxylation is 1. The highest BCUT2D eigenvalue weighted by Gasteiger charge is 2.27. The lowest BCUT2D eigenvalue weighted by molar-refractivity contribution is 0.0636. The monoisotopic (exact) mass is 396 g/mol. The number of nitrogens with zero attached hydrogens (tertiary/aromatic N) is 3. The van der Waals surface area contributed by atoms with Gasteiger partial charge in [-0.3, -0.25) is 4.79 Å². The van der Waals surface area contributed by atoms with Gasteiger partial charge in [-0.05, 0) is 57.4 Å². The van der Waals surface area contributed by atoms with E-state index in [9.17, 15) is 13.6 Å². The molecular weight excluding hydrogens is 374 g/mol. The van der Waals surface area contributed by atoms with Crippen molar-refractivity contribution in [1.29, 1.82) is 0 Å². The van der Waals surface area contributed by atoms with Crippen LogP contribution in [0.5, 0.6) is 0 Å². The van der Waals surface area contributed by atoms with E-state index in [4.69, 9.17) is 0 Å². The van der Waals surface area contributed by atoms with Gasteiger partial charge in [-0.15, -0.1) is 0 Å². The summed E-state index contributed by atoms with van der Waals surface area (Å²) in [6, 6.07) is 7.36. The first-order chi connectivity index (χ1) is 13.9. The van der Waals surface area contributed by atoms with Crippen LogP contribution in [0.25, 0.3) is 11.0 Å². The number of anilines is 2. The Bertz CT molecular complexity index is 1090. The number of fused-ring (bicyclic) bond motifs is 1. The van der Waals surface area contributed by atoms with Crippen LogP contribution in [0.2, 0.25) is 0 Å². The first-order valence-corrected chi connectivity index (χ1v) is 9.73. The Balaban J connectivity index is 1.82. The summed E-state index contributed by atoms with van der Waals surface area (Å²) >= 11 is 0. The molecule has 1 aliphatic rings. The molecule has 3 heterocycles. The molecular formula is C22H22F2N4O. The van der Waals surface area contributed by atoms with E-state index in [0.717, 1.165) is 37.1 Å². The number of aromatic nitrogens is 2. The van der Waals surface area contributed by atoms with Gasteiger partial charge >= 0.3 is 0 Å². The van der Waals surface area contributed by atoms with Crippen LogP contribution in [0, 0.1) is 18.6 Å². The largest absolute Gasteiger partial charge is 0.354 e. The van der Waals surface area contributed by atoms with E-state index in [1.807, 2.05) is 30.9 Å². The fraction of sp³-hybridized carbons (Fsp3) is 0.318. The van der Waals surface area contributed by atoms with Crippen molar-refractivity contribution < 1.29 is 13.6 Å². The van der Waals surface area contributed by atoms with Gasteiger partial charge in [0.2, 0.25) is 0 Å². The van der Waals surface area contributed by atoms with Crippen LogP contribution in [0.3, 0.4) is 0 Å². The SMILES string of the molecule is Cc1ccc2c(Nc3ccc(F)c(F)c3)c(C(=O)N3CCCCC3C)cnc2n1. The van der Waals surface area contributed by atoms with Gasteiger partial charge in [0.25, 0.3) is 5.91 Å². The minimum absolute atomic E-state index is 0.128. The molecule has 2 aromatic heterocycles. The van der Waals surface area contributed by atoms with E-state index < -0.39 is 11.6 Å². The summed E-state index contributed by atoms with van der Waals surface area (Å²) in [6.45, 7) is 4.59. The standard InChI is InChI=1S/C22H22F2N4O/c1-13-6-8-16-20(27-15-7-9-18(23)19(24)11-15)17(12-25-21(16)26-13)22(29)28-10-4-3-5-14(28)2/h6-9,11-12,14H,3-5,10H2,1-2H3,(H,25,26,27). The highest BCUT2D eigenvalue weighted by atomic mass is 19.2. The van der Waals surface area contributed by atoms with Crippen molar-refractivity contribution >= 4 is 28.3 Å². The van der Waals surface area contributed by atoms with Crippen molar-refractivity contribution in [2.75, 3.05) is 11.9 Å². The van der Waals surface area contributed by atoms with Gasteiger partial charge in [0.1, 0.15) is 0 Å². The summed E-state index contributed by atoms with van der Waals surface area (Å²) in [5.74, 6) is -2.01. The molecule has 1 saturated heterocycles. The molecule has 5 nitrogen and oxygen atoms in total. The maximum absolute atomic E-state index is 13.7. The molecule has 1 N–H and O–H groups in total. The number of hydrogen-bond acceptors (Lipinski definition) is 4. The normalized spacial score (nSPS) is 16.8. The molecule has 150 valence electrons. The molecule has 1 unspecified atom stereocenters. The van der Waals surface area contributed by atoms with Crippen LogP contribution in [0.15, 0.2) is 36.5 Å². The number of hydrogen-bond donors (Lipinski definition) is 1. The quantitative estimate of drug-likeness (QED) is 0.679. The summed E-state index contributed by atoms with van der Waals surface area (Å²) in [5.41, 5.74) is 2.52. The summed E-state index contributed by atoms with van der Waals surface area (Å²) < 4.78 is 27.1. The van der Waals surface area contributed by atoms with E-state index in [2.05, 4.69) is 15.3 Å². The minimum Gasteiger partial charge on any atom is -0.354 e. The van der Waals surface area contributed by atoms with Crippen LogP contribution < -0.4 is 5.32 Å². The average molecular weight is 396 g/mol. The predicted molar refractivity (Wildman–Crippen MR) is 108 cm³/mol. The molecule has 1 atom stereocenters. The van der Waals surface area contributed by atoms with Crippen LogP contribution >= 0.6 is 0 Å². The number of carbonyl (C=O) groups excluding carboxylic acids is 1. The fourth-order valence-electron chi connectivity index (χ4n) is 3.74. The van der Waals surface area contributed by atoms with Crippen molar-refractivity contribution in [2.45, 2.75) is 39.2 Å². The van der Waals surface area contributed by atoms with E-state index in [1.54, 1.807) is 0 Å². The first kappa shape index (κ1) is 19.2. The molecule has 1 amide bonds. The van der Waals surface area contributed by atoms with Gasteiger partial charge in [0, 0.05) is 41.6 Å². The molecule has 0 spiro atoms. The molecule has 1 aromatic carbocycles. The molecule has 0 bridgehead atoms. The molecule has 7 heteroatoms. The third kappa shape index (κ3) is 3.77. The molecule has 3 aromatic rings. The summed E-state index contributed by atoms with van der Waals surface area (Å²) in [5, 5.41) is 3.75. The number of benzene rings is 1. The number of nitrogens with one attached hydrogen (secondary N) is 1. The second kappa shape index (κ2) is 7.73. The molecule has 1 fully saturated rings. The predicted octanol–water partition coefficient (Wildman–Crippen LogP) is 4.97. The zero-order valence-electron chi connectivity index (χ0n) is 16.4. The zero-order chi connectivity index (χ0) is 20.5. The van der Waals surface area contributed by atoms with E-state index in [1.165, 1.54) is 12.3 Å².